The van der Waals surface area contributed by atoms with Gasteiger partial charge in [-0.3, -0.25) is 4.79 Å². The molecule has 3 rings (SSSR count). The summed E-state index contributed by atoms with van der Waals surface area (Å²) >= 11 is 0. The van der Waals surface area contributed by atoms with Gasteiger partial charge in [-0.05, 0) is 94.4 Å². The molecule has 33 heavy (non-hydrogen) atoms. The number of methoxy groups -OCH3 is 1. The number of carbonyl (C=O) groups excluding carboxylic acids is 1. The number of ether oxygens (including phenoxy) is 1. The Labute approximate surface area is 206 Å². The molecule has 2 aromatic rings. The molecule has 2 atom stereocenters. The average molecular weight is 471 g/mol. The van der Waals surface area contributed by atoms with E-state index in [0.29, 0.717) is 11.8 Å². The summed E-state index contributed by atoms with van der Waals surface area (Å²) in [6, 6.07) is 16.6. The lowest BCUT2D eigenvalue weighted by Gasteiger charge is -2.35. The van der Waals surface area contributed by atoms with E-state index in [-0.39, 0.29) is 18.3 Å². The van der Waals surface area contributed by atoms with Crippen molar-refractivity contribution in [2.45, 2.75) is 39.0 Å². The lowest BCUT2D eigenvalue weighted by atomic mass is 9.73. The zero-order chi connectivity index (χ0) is 23.1. The van der Waals surface area contributed by atoms with Crippen LogP contribution < -0.4 is 4.74 Å². The van der Waals surface area contributed by atoms with Gasteiger partial charge in [-0.2, -0.15) is 0 Å². The van der Waals surface area contributed by atoms with Gasteiger partial charge >= 0.3 is 0 Å². The molecule has 0 aromatic heterocycles. The van der Waals surface area contributed by atoms with Crippen LogP contribution >= 0.6 is 12.4 Å². The molecule has 180 valence electrons. The van der Waals surface area contributed by atoms with E-state index >= 15 is 0 Å². The average Bonchev–Trinajstić information content (AvgIpc) is 2.80. The molecule has 4 nitrogen and oxygen atoms in total. The fourth-order valence-corrected chi connectivity index (χ4v) is 4.89. The Morgan fingerprint density at radius 2 is 1.82 bits per heavy atom. The van der Waals surface area contributed by atoms with Gasteiger partial charge < -0.3 is 14.5 Å². The highest BCUT2D eigenvalue weighted by atomic mass is 35.5. The summed E-state index contributed by atoms with van der Waals surface area (Å²) in [5.74, 6) is 2.11. The Bertz CT molecular complexity index is 937. The van der Waals surface area contributed by atoms with Crippen LogP contribution in [0, 0.1) is 5.92 Å². The van der Waals surface area contributed by atoms with Crippen molar-refractivity contribution in [3.63, 3.8) is 0 Å². The summed E-state index contributed by atoms with van der Waals surface area (Å²) in [6.07, 6.45) is 5.62. The molecule has 1 fully saturated rings. The zero-order valence-corrected chi connectivity index (χ0v) is 21.5. The summed E-state index contributed by atoms with van der Waals surface area (Å²) in [6.45, 7) is 6.60. The third-order valence-corrected chi connectivity index (χ3v) is 6.56. The van der Waals surface area contributed by atoms with E-state index in [4.69, 9.17) is 4.74 Å². The van der Waals surface area contributed by atoms with Crippen molar-refractivity contribution in [2.24, 2.45) is 5.92 Å². The number of allylic oxidation sites excluding steroid dienone is 1. The van der Waals surface area contributed by atoms with Gasteiger partial charge in [0.15, 0.2) is 0 Å². The molecule has 0 heterocycles. The highest BCUT2D eigenvalue weighted by molar-refractivity contribution is 5.94. The van der Waals surface area contributed by atoms with Gasteiger partial charge in [0.2, 0.25) is 0 Å². The van der Waals surface area contributed by atoms with E-state index in [9.17, 15) is 4.79 Å². The van der Waals surface area contributed by atoms with Crippen LogP contribution in [-0.2, 0) is 0 Å². The lowest BCUT2D eigenvalue weighted by molar-refractivity contribution is 0.0773. The molecule has 0 N–H and O–H groups in total. The van der Waals surface area contributed by atoms with Crippen LogP contribution in [0.25, 0.3) is 6.08 Å². The first kappa shape index (κ1) is 26.9. The number of benzene rings is 2. The van der Waals surface area contributed by atoms with Crippen molar-refractivity contribution < 1.29 is 9.53 Å². The molecule has 1 saturated carbocycles. The molecule has 1 aliphatic rings. The maximum Gasteiger partial charge on any atom is 0.253 e. The second-order valence-corrected chi connectivity index (χ2v) is 9.05. The molecule has 0 radical (unpaired) electrons. The monoisotopic (exact) mass is 470 g/mol. The predicted molar refractivity (Wildman–Crippen MR) is 141 cm³/mol. The van der Waals surface area contributed by atoms with Crippen molar-refractivity contribution in [1.82, 2.24) is 9.80 Å². The lowest BCUT2D eigenvalue weighted by Crippen LogP contribution is -2.30. The third-order valence-electron chi connectivity index (χ3n) is 6.56. The standard InChI is InChI=1S/C28H38N2O2.ClH/c1-6-30(7-2)28(31)24-12-8-10-21(17-24)16-22-14-15-25(20-29(3)4)27(18-22)23-11-9-13-26(19-23)32-5;/h8-13,16-17,19,25,27H,6-7,14-15,18,20H2,1-5H3;1H/b22-16+;/t25-,27-;/m1./s1. The number of carbonyl (C=O) groups is 1. The maximum atomic E-state index is 12.8. The van der Waals surface area contributed by atoms with Crippen LogP contribution in [0.3, 0.4) is 0 Å². The van der Waals surface area contributed by atoms with Crippen LogP contribution in [0.4, 0.5) is 0 Å². The van der Waals surface area contributed by atoms with Crippen molar-refractivity contribution in [3.8, 4) is 5.75 Å². The Hall–Kier alpha value is -2.30. The summed E-state index contributed by atoms with van der Waals surface area (Å²) in [7, 11) is 6.05. The Morgan fingerprint density at radius 3 is 2.48 bits per heavy atom. The summed E-state index contributed by atoms with van der Waals surface area (Å²) in [4.78, 5) is 17.0. The normalized spacial score (nSPS) is 19.3. The van der Waals surface area contributed by atoms with Crippen LogP contribution in [0.2, 0.25) is 0 Å². The van der Waals surface area contributed by atoms with E-state index in [1.165, 1.54) is 17.6 Å². The van der Waals surface area contributed by atoms with E-state index in [2.05, 4.69) is 49.3 Å². The fraction of sp³-hybridized carbons (Fsp3) is 0.464. The minimum Gasteiger partial charge on any atom is -0.497 e. The van der Waals surface area contributed by atoms with E-state index < -0.39 is 0 Å². The molecule has 2 aromatic carbocycles. The first-order chi connectivity index (χ1) is 15.4. The fourth-order valence-electron chi connectivity index (χ4n) is 4.89. The van der Waals surface area contributed by atoms with Gasteiger partial charge in [0.1, 0.15) is 5.75 Å². The molecule has 5 heteroatoms. The first-order valence-electron chi connectivity index (χ1n) is 11.8. The molecule has 0 spiro atoms. The summed E-state index contributed by atoms with van der Waals surface area (Å²) < 4.78 is 5.50. The van der Waals surface area contributed by atoms with Crippen LogP contribution in [0.5, 0.6) is 5.75 Å². The second kappa shape index (κ2) is 12.8. The van der Waals surface area contributed by atoms with Gasteiger partial charge in [0.05, 0.1) is 7.11 Å². The van der Waals surface area contributed by atoms with Gasteiger partial charge in [-0.15, -0.1) is 12.4 Å². The second-order valence-electron chi connectivity index (χ2n) is 9.05. The minimum absolute atomic E-state index is 0. The van der Waals surface area contributed by atoms with Crippen LogP contribution in [-0.4, -0.2) is 56.5 Å². The van der Waals surface area contributed by atoms with E-state index in [1.54, 1.807) is 7.11 Å². The Balaban J connectivity index is 0.00000385. The van der Waals surface area contributed by atoms with Gasteiger partial charge in [0.25, 0.3) is 5.91 Å². The molecule has 0 unspecified atom stereocenters. The number of amides is 1. The number of halogens is 1. The van der Waals surface area contributed by atoms with Gasteiger partial charge in [0, 0.05) is 25.2 Å². The highest BCUT2D eigenvalue weighted by Crippen LogP contribution is 2.42. The highest BCUT2D eigenvalue weighted by Gasteiger charge is 2.29. The Morgan fingerprint density at radius 1 is 1.09 bits per heavy atom. The predicted octanol–water partition coefficient (Wildman–Crippen LogP) is 6.13. The topological polar surface area (TPSA) is 32.8 Å². The smallest absolute Gasteiger partial charge is 0.253 e. The van der Waals surface area contributed by atoms with Crippen molar-refractivity contribution in [1.29, 1.82) is 0 Å². The number of hydrogen-bond acceptors (Lipinski definition) is 3. The van der Waals surface area contributed by atoms with Crippen molar-refractivity contribution in [2.75, 3.05) is 40.8 Å². The number of rotatable bonds is 8. The summed E-state index contributed by atoms with van der Waals surface area (Å²) in [5, 5.41) is 0. The third kappa shape index (κ3) is 7.09. The van der Waals surface area contributed by atoms with E-state index in [0.717, 1.165) is 49.4 Å². The van der Waals surface area contributed by atoms with Gasteiger partial charge in [-0.25, -0.2) is 0 Å². The molecule has 0 bridgehead atoms. The minimum atomic E-state index is 0. The number of hydrogen-bond donors (Lipinski definition) is 0. The molecule has 1 aliphatic carbocycles. The van der Waals surface area contributed by atoms with Gasteiger partial charge in [-0.1, -0.05) is 35.9 Å². The van der Waals surface area contributed by atoms with Crippen LogP contribution in [0.1, 0.15) is 60.5 Å². The molecular weight excluding hydrogens is 432 g/mol. The summed E-state index contributed by atoms with van der Waals surface area (Å²) in [5.41, 5.74) is 4.70. The zero-order valence-electron chi connectivity index (χ0n) is 20.7. The first-order valence-corrected chi connectivity index (χ1v) is 11.8. The molecule has 0 saturated heterocycles. The quantitative estimate of drug-likeness (QED) is 0.465. The van der Waals surface area contributed by atoms with E-state index in [1.807, 2.05) is 43.0 Å². The molecule has 1 amide bonds. The molecule has 0 aliphatic heterocycles. The maximum absolute atomic E-state index is 12.8. The van der Waals surface area contributed by atoms with Crippen molar-refractivity contribution >= 4 is 24.4 Å². The Kier molecular flexibility index (Phi) is 10.5. The van der Waals surface area contributed by atoms with Crippen LogP contribution in [0.15, 0.2) is 54.1 Å². The SMILES string of the molecule is CCN(CC)C(=O)c1cccc(/C=C2\CC[C@H](CN(C)C)[C@@H](c3cccc(OC)c3)C2)c1.Cl. The molecular formula is C28H39ClN2O2. The largest absolute Gasteiger partial charge is 0.497 e. The number of nitrogens with zero attached hydrogens (tertiary/aromatic N) is 2. The van der Waals surface area contributed by atoms with Crippen molar-refractivity contribution in [3.05, 3.63) is 70.8 Å².